The van der Waals surface area contributed by atoms with Crippen molar-refractivity contribution in [2.24, 2.45) is 0 Å². The van der Waals surface area contributed by atoms with Gasteiger partial charge in [0.1, 0.15) is 0 Å². The molecule has 31 heavy (non-hydrogen) atoms. The summed E-state index contributed by atoms with van der Waals surface area (Å²) in [6.07, 6.45) is -0.624. The number of hydrogen-bond donors (Lipinski definition) is 1. The molecule has 1 aliphatic rings. The summed E-state index contributed by atoms with van der Waals surface area (Å²) in [6, 6.07) is 14.9. The molecule has 4 aromatic carbocycles. The minimum atomic E-state index is -4.87. The average molecular weight is 419 g/mol. The van der Waals surface area contributed by atoms with Crippen molar-refractivity contribution in [3.63, 3.8) is 0 Å². The number of phenolic OH excluding ortho intramolecular Hbond substituents is 1. The van der Waals surface area contributed by atoms with Gasteiger partial charge in [0.2, 0.25) is 0 Å². The van der Waals surface area contributed by atoms with Gasteiger partial charge in [0.05, 0.1) is 5.52 Å². The highest BCUT2D eigenvalue weighted by Gasteiger charge is 2.33. The van der Waals surface area contributed by atoms with E-state index in [2.05, 4.69) is 16.9 Å². The van der Waals surface area contributed by atoms with E-state index in [4.69, 9.17) is 4.98 Å². The van der Waals surface area contributed by atoms with Crippen LogP contribution < -0.4 is 4.74 Å². The zero-order chi connectivity index (χ0) is 21.3. The smallest absolute Gasteiger partial charge is 0.504 e. The van der Waals surface area contributed by atoms with Crippen molar-refractivity contribution in [1.29, 1.82) is 0 Å². The van der Waals surface area contributed by atoms with E-state index in [-0.39, 0.29) is 0 Å². The van der Waals surface area contributed by atoms with E-state index in [1.165, 1.54) is 6.07 Å². The molecular formula is C25H16F3NO2. The molecule has 3 nitrogen and oxygen atoms in total. The maximum atomic E-state index is 12.8. The van der Waals surface area contributed by atoms with Crippen LogP contribution in [0.1, 0.15) is 17.5 Å². The Morgan fingerprint density at radius 2 is 1.71 bits per heavy atom. The fourth-order valence-electron chi connectivity index (χ4n) is 5.00. The molecule has 0 amide bonds. The van der Waals surface area contributed by atoms with Crippen molar-refractivity contribution in [3.8, 4) is 11.5 Å². The fourth-order valence-corrected chi connectivity index (χ4v) is 5.00. The van der Waals surface area contributed by atoms with Crippen LogP contribution in [0.2, 0.25) is 0 Å². The fraction of sp³-hybridized carbons (Fsp3) is 0.160. The van der Waals surface area contributed by atoms with Gasteiger partial charge in [0, 0.05) is 27.7 Å². The Labute approximate surface area is 174 Å². The van der Waals surface area contributed by atoms with E-state index < -0.39 is 17.9 Å². The highest BCUT2D eigenvalue weighted by Crippen LogP contribution is 2.46. The van der Waals surface area contributed by atoms with Crippen LogP contribution >= 0.6 is 0 Å². The summed E-state index contributed by atoms with van der Waals surface area (Å²) < 4.78 is 42.4. The summed E-state index contributed by atoms with van der Waals surface area (Å²) in [4.78, 5) is 4.74. The molecule has 0 spiro atoms. The second-order valence-corrected chi connectivity index (χ2v) is 7.97. The zero-order valence-corrected chi connectivity index (χ0v) is 16.3. The third-order valence-electron chi connectivity index (χ3n) is 6.18. The van der Waals surface area contributed by atoms with Gasteiger partial charge in [0.25, 0.3) is 0 Å². The molecule has 0 saturated heterocycles. The first-order valence-electron chi connectivity index (χ1n) is 10.1. The first kappa shape index (κ1) is 18.2. The number of fused-ring (bicyclic) bond motifs is 6. The molecule has 154 valence electrons. The van der Waals surface area contributed by atoms with Crippen molar-refractivity contribution in [3.05, 3.63) is 65.9 Å². The first-order chi connectivity index (χ1) is 14.9. The number of benzene rings is 4. The van der Waals surface area contributed by atoms with Gasteiger partial charge in [-0.1, -0.05) is 30.3 Å². The second-order valence-electron chi connectivity index (χ2n) is 7.97. The van der Waals surface area contributed by atoms with Gasteiger partial charge in [-0.2, -0.15) is 0 Å². The number of halogens is 3. The third kappa shape index (κ3) is 2.71. The molecule has 0 bridgehead atoms. The van der Waals surface area contributed by atoms with Crippen LogP contribution in [0.25, 0.3) is 43.2 Å². The Kier molecular flexibility index (Phi) is 3.67. The predicted octanol–water partition coefficient (Wildman–Crippen LogP) is 6.79. The standard InChI is InChI=1S/C25H16F3NO2/c26-25(27,28)31-20-9-8-14-11-19-21-13(5-3-7-17(21)22(14)24(20)30)10-18-16-6-2-1-4-15(16)12-29-23(18)19/h1-2,4,6,8-12,30H,3,5,7H2. The molecule has 1 heterocycles. The molecule has 5 aromatic rings. The molecule has 6 heteroatoms. The molecule has 0 saturated carbocycles. The Balaban J connectivity index is 1.76. The van der Waals surface area contributed by atoms with E-state index in [0.29, 0.717) is 17.2 Å². The topological polar surface area (TPSA) is 42.4 Å². The zero-order valence-electron chi connectivity index (χ0n) is 16.3. The van der Waals surface area contributed by atoms with E-state index in [1.807, 2.05) is 30.5 Å². The highest BCUT2D eigenvalue weighted by molar-refractivity contribution is 6.20. The predicted molar refractivity (Wildman–Crippen MR) is 115 cm³/mol. The first-order valence-corrected chi connectivity index (χ1v) is 10.1. The van der Waals surface area contributed by atoms with Crippen LogP contribution in [-0.2, 0) is 12.8 Å². The quantitative estimate of drug-likeness (QED) is 0.240. The van der Waals surface area contributed by atoms with E-state index >= 15 is 0 Å². The lowest BCUT2D eigenvalue weighted by atomic mass is 9.83. The summed E-state index contributed by atoms with van der Waals surface area (Å²) in [5.41, 5.74) is 2.85. The molecule has 0 atom stereocenters. The molecule has 1 N–H and O–H groups in total. The van der Waals surface area contributed by atoms with E-state index in [1.54, 1.807) is 6.07 Å². The summed E-state index contributed by atoms with van der Waals surface area (Å²) in [7, 11) is 0. The van der Waals surface area contributed by atoms with Gasteiger partial charge in [0.15, 0.2) is 11.5 Å². The van der Waals surface area contributed by atoms with Crippen molar-refractivity contribution >= 4 is 43.2 Å². The number of aromatic nitrogens is 1. The summed E-state index contributed by atoms with van der Waals surface area (Å²) in [6.45, 7) is 0. The number of rotatable bonds is 1. The second kappa shape index (κ2) is 6.23. The molecule has 0 unspecified atom stereocenters. The minimum absolute atomic E-state index is 0.426. The van der Waals surface area contributed by atoms with Gasteiger partial charge >= 0.3 is 6.36 Å². The van der Waals surface area contributed by atoms with E-state index in [0.717, 1.165) is 56.4 Å². The molecule has 0 aliphatic heterocycles. The van der Waals surface area contributed by atoms with E-state index in [9.17, 15) is 18.3 Å². The van der Waals surface area contributed by atoms with Gasteiger partial charge in [-0.3, -0.25) is 4.98 Å². The van der Waals surface area contributed by atoms with Crippen molar-refractivity contribution in [1.82, 2.24) is 4.98 Å². The number of alkyl halides is 3. The van der Waals surface area contributed by atoms with Gasteiger partial charge in [-0.05, 0) is 64.7 Å². The van der Waals surface area contributed by atoms with Crippen LogP contribution in [0.3, 0.4) is 0 Å². The van der Waals surface area contributed by atoms with Crippen LogP contribution in [-0.4, -0.2) is 16.5 Å². The van der Waals surface area contributed by atoms with Crippen LogP contribution in [0, 0.1) is 0 Å². The van der Waals surface area contributed by atoms with Crippen LogP contribution in [0.15, 0.2) is 54.7 Å². The summed E-state index contributed by atoms with van der Waals surface area (Å²) >= 11 is 0. The van der Waals surface area contributed by atoms with Crippen molar-refractivity contribution in [2.75, 3.05) is 0 Å². The Morgan fingerprint density at radius 3 is 2.55 bits per heavy atom. The molecule has 1 aliphatic carbocycles. The van der Waals surface area contributed by atoms with Gasteiger partial charge < -0.3 is 9.84 Å². The Morgan fingerprint density at radius 1 is 0.871 bits per heavy atom. The van der Waals surface area contributed by atoms with Crippen LogP contribution in [0.4, 0.5) is 13.2 Å². The number of pyridine rings is 1. The lowest BCUT2D eigenvalue weighted by molar-refractivity contribution is -0.275. The number of hydrogen-bond acceptors (Lipinski definition) is 3. The molecule has 6 rings (SSSR count). The molecular weight excluding hydrogens is 403 g/mol. The SMILES string of the molecule is Oc1c(OC(F)(F)F)ccc2cc3c4c(cc5c6ccccc6cnc35)CCCc4c12. The van der Waals surface area contributed by atoms with Crippen LogP contribution in [0.5, 0.6) is 11.5 Å². The average Bonchev–Trinajstić information content (AvgIpc) is 2.75. The molecule has 0 fully saturated rings. The number of aryl methyl sites for hydroxylation is 2. The normalized spacial score (nSPS) is 14.0. The largest absolute Gasteiger partial charge is 0.573 e. The Hall–Kier alpha value is -3.54. The lowest BCUT2D eigenvalue weighted by Crippen LogP contribution is -2.17. The number of nitrogens with zero attached hydrogens (tertiary/aromatic N) is 1. The molecule has 0 radical (unpaired) electrons. The minimum Gasteiger partial charge on any atom is -0.504 e. The van der Waals surface area contributed by atoms with Gasteiger partial charge in [-0.25, -0.2) is 0 Å². The van der Waals surface area contributed by atoms with Crippen molar-refractivity contribution in [2.45, 2.75) is 25.6 Å². The molecule has 1 aromatic heterocycles. The number of aromatic hydroxyl groups is 1. The van der Waals surface area contributed by atoms with Crippen molar-refractivity contribution < 1.29 is 23.0 Å². The Bertz CT molecular complexity index is 1540. The summed E-state index contributed by atoms with van der Waals surface area (Å²) in [5.74, 6) is -1.04. The maximum Gasteiger partial charge on any atom is 0.573 e. The highest BCUT2D eigenvalue weighted by atomic mass is 19.4. The summed E-state index contributed by atoms with van der Waals surface area (Å²) in [5, 5.41) is 17.0. The maximum absolute atomic E-state index is 12.8. The number of ether oxygens (including phenoxy) is 1. The lowest BCUT2D eigenvalue weighted by Gasteiger charge is -2.22. The van der Waals surface area contributed by atoms with Gasteiger partial charge in [-0.15, -0.1) is 13.2 Å². The monoisotopic (exact) mass is 419 g/mol. The third-order valence-corrected chi connectivity index (χ3v) is 6.18. The number of phenols is 1.